The third-order valence-electron chi connectivity index (χ3n) is 3.19. The number of fused-ring (bicyclic) bond motifs is 1. The van der Waals surface area contributed by atoms with Gasteiger partial charge < -0.3 is 10.1 Å². The SMILES string of the molecule is N#CSc1ccc(NC(=O)c2n[nH]c3c2COCC3)cc1. The fourth-order valence-electron chi connectivity index (χ4n) is 2.15. The summed E-state index contributed by atoms with van der Waals surface area (Å²) in [6.45, 7) is 1.06. The molecule has 1 aliphatic rings. The van der Waals surface area contributed by atoms with Crippen LogP contribution < -0.4 is 5.32 Å². The first-order chi connectivity index (χ1) is 10.3. The summed E-state index contributed by atoms with van der Waals surface area (Å²) in [5, 5.41) is 20.4. The largest absolute Gasteiger partial charge is 0.376 e. The summed E-state index contributed by atoms with van der Waals surface area (Å²) in [6, 6.07) is 7.08. The minimum absolute atomic E-state index is 0.265. The van der Waals surface area contributed by atoms with E-state index in [4.69, 9.17) is 10.00 Å². The van der Waals surface area contributed by atoms with Gasteiger partial charge in [0.25, 0.3) is 5.91 Å². The summed E-state index contributed by atoms with van der Waals surface area (Å²) in [4.78, 5) is 13.1. The molecule has 0 unspecified atom stereocenters. The Labute approximate surface area is 125 Å². The van der Waals surface area contributed by atoms with E-state index in [-0.39, 0.29) is 5.91 Å². The van der Waals surface area contributed by atoms with Gasteiger partial charge in [-0.3, -0.25) is 9.89 Å². The lowest BCUT2D eigenvalue weighted by Gasteiger charge is -2.12. The highest BCUT2D eigenvalue weighted by Gasteiger charge is 2.22. The van der Waals surface area contributed by atoms with Crippen LogP contribution >= 0.6 is 11.8 Å². The van der Waals surface area contributed by atoms with Gasteiger partial charge in [0.05, 0.1) is 13.2 Å². The summed E-state index contributed by atoms with van der Waals surface area (Å²) >= 11 is 1.08. The van der Waals surface area contributed by atoms with E-state index >= 15 is 0 Å². The Balaban J connectivity index is 1.74. The number of carbonyl (C=O) groups is 1. The number of aromatic amines is 1. The number of thiocyanates is 1. The molecule has 2 heterocycles. The number of carbonyl (C=O) groups excluding carboxylic acids is 1. The minimum Gasteiger partial charge on any atom is -0.376 e. The van der Waals surface area contributed by atoms with E-state index in [9.17, 15) is 4.79 Å². The molecule has 21 heavy (non-hydrogen) atoms. The molecule has 0 bridgehead atoms. The summed E-state index contributed by atoms with van der Waals surface area (Å²) in [5.74, 6) is -0.265. The molecule has 7 heteroatoms. The second-order valence-corrected chi connectivity index (χ2v) is 5.36. The van der Waals surface area contributed by atoms with Crippen molar-refractivity contribution in [3.8, 4) is 5.40 Å². The topological polar surface area (TPSA) is 90.8 Å². The number of hydrogen-bond acceptors (Lipinski definition) is 5. The fourth-order valence-corrected chi connectivity index (χ4v) is 2.53. The van der Waals surface area contributed by atoms with E-state index in [0.29, 0.717) is 24.6 Å². The number of hydrogen-bond donors (Lipinski definition) is 2. The molecule has 0 atom stereocenters. The van der Waals surface area contributed by atoms with Crippen molar-refractivity contribution in [2.75, 3.05) is 11.9 Å². The number of nitriles is 1. The summed E-state index contributed by atoms with van der Waals surface area (Å²) in [6.07, 6.45) is 0.746. The van der Waals surface area contributed by atoms with Crippen LogP contribution in [0.3, 0.4) is 0 Å². The molecule has 1 amide bonds. The Morgan fingerprint density at radius 2 is 2.24 bits per heavy atom. The second kappa shape index (κ2) is 5.99. The van der Waals surface area contributed by atoms with Gasteiger partial charge in [-0.05, 0) is 36.0 Å². The second-order valence-electron chi connectivity index (χ2n) is 4.50. The van der Waals surface area contributed by atoms with E-state index in [1.165, 1.54) is 0 Å². The summed E-state index contributed by atoms with van der Waals surface area (Å²) in [5.41, 5.74) is 2.83. The Bertz CT molecular complexity index is 703. The highest BCUT2D eigenvalue weighted by Crippen LogP contribution is 2.21. The van der Waals surface area contributed by atoms with Gasteiger partial charge in [0.2, 0.25) is 0 Å². The van der Waals surface area contributed by atoms with Crippen LogP contribution in [0.15, 0.2) is 29.2 Å². The van der Waals surface area contributed by atoms with Crippen LogP contribution in [0.25, 0.3) is 0 Å². The number of H-pyrrole nitrogens is 1. The lowest BCUT2D eigenvalue weighted by Crippen LogP contribution is -2.17. The van der Waals surface area contributed by atoms with Crippen molar-refractivity contribution < 1.29 is 9.53 Å². The normalized spacial score (nSPS) is 13.3. The highest BCUT2D eigenvalue weighted by molar-refractivity contribution is 8.03. The number of benzene rings is 1. The molecule has 2 N–H and O–H groups in total. The molecule has 0 saturated heterocycles. The van der Waals surface area contributed by atoms with Gasteiger partial charge in [0, 0.05) is 28.3 Å². The van der Waals surface area contributed by atoms with Gasteiger partial charge in [0.1, 0.15) is 5.40 Å². The highest BCUT2D eigenvalue weighted by atomic mass is 32.2. The van der Waals surface area contributed by atoms with Crippen LogP contribution in [0.2, 0.25) is 0 Å². The maximum absolute atomic E-state index is 12.3. The Morgan fingerprint density at radius 3 is 3.00 bits per heavy atom. The standard InChI is InChI=1S/C14H12N4O2S/c15-8-21-10-3-1-9(2-4-10)16-14(19)13-11-7-20-6-5-12(11)17-18-13/h1-4H,5-7H2,(H,16,19)(H,17,18). The average Bonchev–Trinajstić information content (AvgIpc) is 2.93. The van der Waals surface area contributed by atoms with Crippen molar-refractivity contribution >= 4 is 23.4 Å². The predicted molar refractivity (Wildman–Crippen MR) is 77.8 cm³/mol. The van der Waals surface area contributed by atoms with Crippen molar-refractivity contribution in [1.82, 2.24) is 10.2 Å². The van der Waals surface area contributed by atoms with Gasteiger partial charge >= 0.3 is 0 Å². The smallest absolute Gasteiger partial charge is 0.276 e. The quantitative estimate of drug-likeness (QED) is 0.670. The van der Waals surface area contributed by atoms with Gasteiger partial charge in [-0.15, -0.1) is 0 Å². The van der Waals surface area contributed by atoms with Crippen molar-refractivity contribution in [2.24, 2.45) is 0 Å². The number of thioether (sulfide) groups is 1. The number of aromatic nitrogens is 2. The zero-order valence-corrected chi connectivity index (χ0v) is 11.9. The molecule has 1 aromatic carbocycles. The van der Waals surface area contributed by atoms with E-state index in [0.717, 1.165) is 34.3 Å². The third kappa shape index (κ3) is 2.91. The first-order valence-electron chi connectivity index (χ1n) is 6.39. The van der Waals surface area contributed by atoms with Crippen LogP contribution in [0.5, 0.6) is 0 Å². The fraction of sp³-hybridized carbons (Fsp3) is 0.214. The first kappa shape index (κ1) is 13.7. The van der Waals surface area contributed by atoms with Crippen LogP contribution in [-0.4, -0.2) is 22.7 Å². The van der Waals surface area contributed by atoms with Crippen LogP contribution in [-0.2, 0) is 17.8 Å². The lowest BCUT2D eigenvalue weighted by atomic mass is 10.1. The van der Waals surface area contributed by atoms with Gasteiger partial charge in [-0.1, -0.05) is 0 Å². The van der Waals surface area contributed by atoms with E-state index in [1.54, 1.807) is 24.3 Å². The molecule has 0 aliphatic carbocycles. The molecule has 106 valence electrons. The summed E-state index contributed by atoms with van der Waals surface area (Å²) < 4.78 is 5.36. The van der Waals surface area contributed by atoms with Crippen molar-refractivity contribution in [1.29, 1.82) is 5.26 Å². The molecule has 6 nitrogen and oxygen atoms in total. The van der Waals surface area contributed by atoms with E-state index in [2.05, 4.69) is 15.5 Å². The average molecular weight is 300 g/mol. The lowest BCUT2D eigenvalue weighted by molar-refractivity contribution is 0.0985. The molecule has 0 radical (unpaired) electrons. The molecule has 3 rings (SSSR count). The van der Waals surface area contributed by atoms with Crippen molar-refractivity contribution in [3.63, 3.8) is 0 Å². The molecule has 0 spiro atoms. The zero-order valence-electron chi connectivity index (χ0n) is 11.0. The number of nitrogens with one attached hydrogen (secondary N) is 2. The van der Waals surface area contributed by atoms with Crippen LogP contribution in [0.1, 0.15) is 21.7 Å². The molecular formula is C14H12N4O2S. The summed E-state index contributed by atoms with van der Waals surface area (Å²) in [7, 11) is 0. The van der Waals surface area contributed by atoms with Gasteiger partial charge in [-0.25, -0.2) is 0 Å². The Kier molecular flexibility index (Phi) is 3.90. The van der Waals surface area contributed by atoms with Crippen molar-refractivity contribution in [2.45, 2.75) is 17.9 Å². The maximum Gasteiger partial charge on any atom is 0.276 e. The van der Waals surface area contributed by atoms with E-state index < -0.39 is 0 Å². The predicted octanol–water partition coefficient (Wildman–Crippen LogP) is 2.31. The number of anilines is 1. The number of amides is 1. The number of ether oxygens (including phenoxy) is 1. The van der Waals surface area contributed by atoms with Crippen LogP contribution in [0.4, 0.5) is 5.69 Å². The molecule has 0 saturated carbocycles. The van der Waals surface area contributed by atoms with E-state index in [1.807, 2.05) is 5.40 Å². The number of rotatable bonds is 3. The maximum atomic E-state index is 12.3. The van der Waals surface area contributed by atoms with Crippen molar-refractivity contribution in [3.05, 3.63) is 41.2 Å². The number of nitrogens with zero attached hydrogens (tertiary/aromatic N) is 2. The molecule has 2 aromatic rings. The van der Waals surface area contributed by atoms with Gasteiger partial charge in [0.15, 0.2) is 5.69 Å². The first-order valence-corrected chi connectivity index (χ1v) is 7.21. The monoisotopic (exact) mass is 300 g/mol. The van der Waals surface area contributed by atoms with Gasteiger partial charge in [-0.2, -0.15) is 10.4 Å². The third-order valence-corrected chi connectivity index (χ3v) is 3.79. The minimum atomic E-state index is -0.265. The van der Waals surface area contributed by atoms with Crippen LogP contribution in [0, 0.1) is 10.7 Å². The molecule has 1 aromatic heterocycles. The molecule has 1 aliphatic heterocycles. The molecular weight excluding hydrogens is 288 g/mol. The Hall–Kier alpha value is -2.30. The zero-order chi connectivity index (χ0) is 14.7. The Morgan fingerprint density at radius 1 is 1.43 bits per heavy atom. The molecule has 0 fully saturated rings.